The first kappa shape index (κ1) is 17.7. The maximum absolute atomic E-state index is 10.9. The Morgan fingerprint density at radius 3 is 2.86 bits per heavy atom. The summed E-state index contributed by atoms with van der Waals surface area (Å²) in [4.78, 5) is 1.17. The summed E-state index contributed by atoms with van der Waals surface area (Å²) < 4.78 is 33.8. The molecule has 0 atom stereocenters. The molecular formula is C14H17ClNO3S3+. The molecule has 2 rings (SSSR count). The number of aryl methyl sites for hydroxylation is 1. The van der Waals surface area contributed by atoms with Gasteiger partial charge in [0.25, 0.3) is 15.1 Å². The van der Waals surface area contributed by atoms with Crippen molar-refractivity contribution in [3.05, 3.63) is 33.1 Å². The van der Waals surface area contributed by atoms with Gasteiger partial charge in [0.05, 0.1) is 5.75 Å². The normalized spacial score (nSPS) is 13.0. The number of hydrogen-bond acceptors (Lipinski definition) is 4. The first-order valence-corrected chi connectivity index (χ1v) is 10.6. The molecule has 0 amide bonds. The predicted molar refractivity (Wildman–Crippen MR) is 95.2 cm³/mol. The summed E-state index contributed by atoms with van der Waals surface area (Å²) in [5, 5.41) is 1.69. The van der Waals surface area contributed by atoms with Gasteiger partial charge < -0.3 is 0 Å². The predicted octanol–water partition coefficient (Wildman–Crippen LogP) is 3.84. The van der Waals surface area contributed by atoms with Crippen LogP contribution in [-0.4, -0.2) is 25.0 Å². The van der Waals surface area contributed by atoms with Gasteiger partial charge in [0, 0.05) is 23.6 Å². The molecule has 8 heteroatoms. The van der Waals surface area contributed by atoms with Gasteiger partial charge in [-0.2, -0.15) is 13.0 Å². The molecule has 0 spiro atoms. The number of benzene rings is 1. The lowest BCUT2D eigenvalue weighted by molar-refractivity contribution is -0.668. The largest absolute Gasteiger partial charge is 0.286 e. The molecule has 1 heterocycles. The molecule has 0 aliphatic rings. The molecule has 1 N–H and O–H groups in total. The van der Waals surface area contributed by atoms with E-state index in [4.69, 9.17) is 16.2 Å². The topological polar surface area (TPSA) is 58.2 Å². The summed E-state index contributed by atoms with van der Waals surface area (Å²) in [7, 11) is -3.93. The van der Waals surface area contributed by atoms with E-state index in [9.17, 15) is 8.42 Å². The van der Waals surface area contributed by atoms with Crippen molar-refractivity contribution in [3.8, 4) is 0 Å². The maximum atomic E-state index is 10.9. The van der Waals surface area contributed by atoms with Gasteiger partial charge in [-0.25, -0.2) is 0 Å². The monoisotopic (exact) mass is 378 g/mol. The maximum Gasteiger partial charge on any atom is 0.265 e. The molecule has 0 aliphatic heterocycles. The zero-order valence-electron chi connectivity index (χ0n) is 12.2. The molecule has 1 aromatic heterocycles. The second-order valence-corrected chi connectivity index (χ2v) is 8.93. The van der Waals surface area contributed by atoms with Crippen molar-refractivity contribution >= 4 is 61.1 Å². The minimum atomic E-state index is -3.93. The number of aromatic nitrogens is 1. The molecule has 0 radical (unpaired) electrons. The Bertz CT molecular complexity index is 812. The van der Waals surface area contributed by atoms with E-state index in [-0.39, 0.29) is 5.75 Å². The highest BCUT2D eigenvalue weighted by Gasteiger charge is 2.20. The highest BCUT2D eigenvalue weighted by Crippen LogP contribution is 2.26. The van der Waals surface area contributed by atoms with E-state index in [2.05, 4.69) is 10.6 Å². The highest BCUT2D eigenvalue weighted by molar-refractivity contribution is 8.02. The van der Waals surface area contributed by atoms with Crippen LogP contribution in [0.3, 0.4) is 0 Å². The molecule has 4 nitrogen and oxygen atoms in total. The molecule has 1 aromatic carbocycles. The van der Waals surface area contributed by atoms with Crippen LogP contribution in [0.15, 0.2) is 23.1 Å². The smallest absolute Gasteiger partial charge is 0.265 e. The molecule has 0 unspecified atom stereocenters. The van der Waals surface area contributed by atoms with Crippen LogP contribution in [0.4, 0.5) is 0 Å². The summed E-state index contributed by atoms with van der Waals surface area (Å²) in [5.74, 6) is -0.247. The van der Waals surface area contributed by atoms with Crippen molar-refractivity contribution in [1.29, 1.82) is 0 Å². The lowest BCUT2D eigenvalue weighted by Gasteiger charge is -1.98. The molecule has 0 aliphatic carbocycles. The summed E-state index contributed by atoms with van der Waals surface area (Å²) in [6.45, 7) is 2.54. The Balaban J connectivity index is 2.42. The van der Waals surface area contributed by atoms with Crippen molar-refractivity contribution in [2.75, 3.05) is 12.0 Å². The Morgan fingerprint density at radius 1 is 1.50 bits per heavy atom. The Labute approximate surface area is 143 Å². The van der Waals surface area contributed by atoms with E-state index < -0.39 is 10.1 Å². The molecular weight excluding hydrogens is 362 g/mol. The van der Waals surface area contributed by atoms with Crippen LogP contribution >= 0.6 is 34.7 Å². The average Bonchev–Trinajstić information content (AvgIpc) is 2.75. The standard InChI is InChI=1S/C14H16ClNO3S3/c1-10(20-2)8-14-16(6-3-7-22(17,18)19)12-9-11(15)4-5-13(12)21-14/h4-5,8-9H,3,6-7H2,1-2H3/p+1/b10-8-. The second-order valence-electron chi connectivity index (χ2n) is 4.80. The first-order chi connectivity index (χ1) is 10.3. The third-order valence-electron chi connectivity index (χ3n) is 3.13. The van der Waals surface area contributed by atoms with E-state index in [1.165, 1.54) is 4.91 Å². The van der Waals surface area contributed by atoms with Crippen molar-refractivity contribution in [3.63, 3.8) is 0 Å². The van der Waals surface area contributed by atoms with Gasteiger partial charge in [-0.1, -0.05) is 22.9 Å². The van der Waals surface area contributed by atoms with Crippen molar-refractivity contribution in [2.24, 2.45) is 0 Å². The molecule has 0 saturated carbocycles. The lowest BCUT2D eigenvalue weighted by atomic mass is 10.3. The molecule has 120 valence electrons. The van der Waals surface area contributed by atoms with Crippen molar-refractivity contribution in [1.82, 2.24) is 0 Å². The van der Waals surface area contributed by atoms with Crippen LogP contribution in [0.1, 0.15) is 18.4 Å². The van der Waals surface area contributed by atoms with E-state index in [1.54, 1.807) is 23.1 Å². The zero-order valence-corrected chi connectivity index (χ0v) is 15.4. The van der Waals surface area contributed by atoms with Crippen molar-refractivity contribution < 1.29 is 17.5 Å². The van der Waals surface area contributed by atoms with Gasteiger partial charge in [0.15, 0.2) is 6.54 Å². The number of rotatable bonds is 6. The minimum Gasteiger partial charge on any atom is -0.286 e. The van der Waals surface area contributed by atoms with E-state index in [1.807, 2.05) is 31.4 Å². The number of thioether (sulfide) groups is 1. The molecule has 0 saturated heterocycles. The molecule has 0 fully saturated rings. The number of fused-ring (bicyclic) bond motifs is 1. The van der Waals surface area contributed by atoms with Gasteiger partial charge in [-0.3, -0.25) is 4.55 Å². The molecule has 2 aromatic rings. The number of allylic oxidation sites excluding steroid dienone is 1. The summed E-state index contributed by atoms with van der Waals surface area (Å²) in [6, 6.07) is 5.69. The van der Waals surface area contributed by atoms with Crippen LogP contribution in [0.25, 0.3) is 16.3 Å². The SMILES string of the molecule is CS/C(C)=C\c1sc2ccc(Cl)cc2[n+]1CCCS(=O)(=O)O. The number of nitrogens with zero attached hydrogens (tertiary/aromatic N) is 1. The second kappa shape index (κ2) is 7.31. The Morgan fingerprint density at radius 2 is 2.23 bits per heavy atom. The third-order valence-corrected chi connectivity index (χ3v) is 6.04. The quantitative estimate of drug-likeness (QED) is 0.612. The fraction of sp³-hybridized carbons (Fsp3) is 0.357. The van der Waals surface area contributed by atoms with E-state index in [0.29, 0.717) is 18.0 Å². The highest BCUT2D eigenvalue weighted by atomic mass is 35.5. The first-order valence-electron chi connectivity index (χ1n) is 6.59. The van der Waals surface area contributed by atoms with Gasteiger partial charge in [-0.15, -0.1) is 11.8 Å². The fourth-order valence-electron chi connectivity index (χ4n) is 2.05. The van der Waals surface area contributed by atoms with Crippen molar-refractivity contribution in [2.45, 2.75) is 19.9 Å². The van der Waals surface area contributed by atoms with Crippen LogP contribution < -0.4 is 4.57 Å². The summed E-state index contributed by atoms with van der Waals surface area (Å²) >= 11 is 9.37. The summed E-state index contributed by atoms with van der Waals surface area (Å²) in [6.07, 6.45) is 4.44. The Kier molecular flexibility index (Phi) is 5.90. The lowest BCUT2D eigenvalue weighted by Crippen LogP contribution is -2.36. The molecule has 22 heavy (non-hydrogen) atoms. The van der Waals surface area contributed by atoms with Crippen LogP contribution in [0.5, 0.6) is 0 Å². The van der Waals surface area contributed by atoms with Gasteiger partial charge in [0.2, 0.25) is 5.52 Å². The van der Waals surface area contributed by atoms with E-state index in [0.717, 1.165) is 15.2 Å². The van der Waals surface area contributed by atoms with Gasteiger partial charge in [0.1, 0.15) is 4.70 Å². The van der Waals surface area contributed by atoms with E-state index >= 15 is 0 Å². The average molecular weight is 379 g/mol. The van der Waals surface area contributed by atoms with Crippen LogP contribution in [0.2, 0.25) is 5.02 Å². The fourth-order valence-corrected chi connectivity index (χ4v) is 4.19. The number of thiazole rings is 1. The Hall–Kier alpha value is -0.600. The van der Waals surface area contributed by atoms with Gasteiger partial charge in [-0.05, 0) is 30.2 Å². The zero-order chi connectivity index (χ0) is 16.3. The van der Waals surface area contributed by atoms with Crippen LogP contribution in [0, 0.1) is 0 Å². The number of hydrogen-bond donors (Lipinski definition) is 1. The minimum absolute atomic E-state index is 0.247. The molecule has 0 bridgehead atoms. The third kappa shape index (κ3) is 4.70. The van der Waals surface area contributed by atoms with Crippen LogP contribution in [-0.2, 0) is 16.7 Å². The number of halogens is 1. The van der Waals surface area contributed by atoms with Gasteiger partial charge >= 0.3 is 0 Å². The summed E-state index contributed by atoms with van der Waals surface area (Å²) in [5.41, 5.74) is 0.980.